The molecule has 0 aromatic heterocycles. The van der Waals surface area contributed by atoms with Crippen LogP contribution >= 0.6 is 0 Å². The maximum atomic E-state index is 11.3. The Bertz CT molecular complexity index is 234. The minimum Gasteiger partial charge on any atom is -0.481 e. The molecule has 0 heterocycles. The smallest absolute Gasteiger partial charge is 0.315 e. The summed E-state index contributed by atoms with van der Waals surface area (Å²) in [5.74, 6) is -0.930. The summed E-state index contributed by atoms with van der Waals surface area (Å²) < 4.78 is 5.26. The van der Waals surface area contributed by atoms with Crippen molar-refractivity contribution in [3.05, 3.63) is 0 Å². The van der Waals surface area contributed by atoms with Gasteiger partial charge >= 0.3 is 12.0 Å². The fraction of sp³-hybridized carbons (Fsp3) is 0.818. The minimum atomic E-state index is -0.930. The van der Waals surface area contributed by atoms with Gasteiger partial charge in [0, 0.05) is 19.2 Å². The average molecular weight is 246 g/mol. The second-order valence-electron chi connectivity index (χ2n) is 3.87. The largest absolute Gasteiger partial charge is 0.481 e. The number of ether oxygens (including phenoxy) is 1. The van der Waals surface area contributed by atoms with Crippen LogP contribution in [0.25, 0.3) is 0 Å². The SMILES string of the molecule is CCCCOCCNC(=O)NC(C)CC(=O)O. The first kappa shape index (κ1) is 15.7. The number of carbonyl (C=O) groups excluding carboxylic acids is 1. The Labute approximate surface area is 102 Å². The van der Waals surface area contributed by atoms with Crippen molar-refractivity contribution in [3.8, 4) is 0 Å². The molecular formula is C11H22N2O4. The van der Waals surface area contributed by atoms with Crippen molar-refractivity contribution in [1.82, 2.24) is 10.6 Å². The summed E-state index contributed by atoms with van der Waals surface area (Å²) in [5.41, 5.74) is 0. The van der Waals surface area contributed by atoms with E-state index in [-0.39, 0.29) is 18.5 Å². The van der Waals surface area contributed by atoms with Crippen LogP contribution in [0.15, 0.2) is 0 Å². The lowest BCUT2D eigenvalue weighted by Crippen LogP contribution is -2.42. The van der Waals surface area contributed by atoms with E-state index >= 15 is 0 Å². The third-order valence-corrected chi connectivity index (χ3v) is 2.03. The molecule has 6 nitrogen and oxygen atoms in total. The van der Waals surface area contributed by atoms with Crippen LogP contribution in [0.4, 0.5) is 4.79 Å². The highest BCUT2D eigenvalue weighted by molar-refractivity contribution is 5.75. The Hall–Kier alpha value is -1.30. The number of carboxylic acid groups (broad SMARTS) is 1. The number of hydrogen-bond acceptors (Lipinski definition) is 3. The monoisotopic (exact) mass is 246 g/mol. The highest BCUT2D eigenvalue weighted by Gasteiger charge is 2.09. The number of rotatable bonds is 9. The highest BCUT2D eigenvalue weighted by atomic mass is 16.5. The van der Waals surface area contributed by atoms with Crippen molar-refractivity contribution >= 4 is 12.0 Å². The second-order valence-corrected chi connectivity index (χ2v) is 3.87. The molecule has 0 aliphatic carbocycles. The van der Waals surface area contributed by atoms with Crippen molar-refractivity contribution in [3.63, 3.8) is 0 Å². The van der Waals surface area contributed by atoms with Gasteiger partial charge in [-0.15, -0.1) is 0 Å². The lowest BCUT2D eigenvalue weighted by atomic mass is 10.2. The molecule has 1 atom stereocenters. The van der Waals surface area contributed by atoms with Gasteiger partial charge in [-0.05, 0) is 13.3 Å². The molecule has 0 aromatic carbocycles. The normalized spacial score (nSPS) is 11.9. The molecule has 1 unspecified atom stereocenters. The molecule has 0 aliphatic heterocycles. The zero-order valence-corrected chi connectivity index (χ0v) is 10.5. The highest BCUT2D eigenvalue weighted by Crippen LogP contribution is 1.90. The van der Waals surface area contributed by atoms with E-state index in [2.05, 4.69) is 17.6 Å². The van der Waals surface area contributed by atoms with Gasteiger partial charge < -0.3 is 20.5 Å². The summed E-state index contributed by atoms with van der Waals surface area (Å²) in [6.45, 7) is 5.33. The molecule has 17 heavy (non-hydrogen) atoms. The molecule has 2 amide bonds. The number of nitrogens with one attached hydrogen (secondary N) is 2. The van der Waals surface area contributed by atoms with Gasteiger partial charge in [-0.2, -0.15) is 0 Å². The molecule has 0 bridgehead atoms. The molecule has 0 rings (SSSR count). The predicted molar refractivity (Wildman–Crippen MR) is 64.0 cm³/mol. The molecule has 0 aromatic rings. The van der Waals surface area contributed by atoms with Gasteiger partial charge in [0.05, 0.1) is 13.0 Å². The third kappa shape index (κ3) is 11.0. The van der Waals surface area contributed by atoms with Crippen LogP contribution in [0.3, 0.4) is 0 Å². The van der Waals surface area contributed by atoms with E-state index in [1.165, 1.54) is 0 Å². The van der Waals surface area contributed by atoms with E-state index in [0.29, 0.717) is 19.8 Å². The maximum Gasteiger partial charge on any atom is 0.315 e. The number of carboxylic acids is 1. The van der Waals surface area contributed by atoms with E-state index in [1.54, 1.807) is 6.92 Å². The van der Waals surface area contributed by atoms with E-state index in [4.69, 9.17) is 9.84 Å². The van der Waals surface area contributed by atoms with Crippen LogP contribution in [0.1, 0.15) is 33.1 Å². The van der Waals surface area contributed by atoms with Gasteiger partial charge in [0.25, 0.3) is 0 Å². The Morgan fingerprint density at radius 1 is 1.35 bits per heavy atom. The molecule has 0 spiro atoms. The number of unbranched alkanes of at least 4 members (excludes halogenated alkanes) is 1. The molecule has 0 radical (unpaired) electrons. The molecule has 3 N–H and O–H groups in total. The fourth-order valence-corrected chi connectivity index (χ4v) is 1.17. The van der Waals surface area contributed by atoms with Gasteiger partial charge in [0.1, 0.15) is 0 Å². The topological polar surface area (TPSA) is 87.7 Å². The number of carbonyl (C=O) groups is 2. The lowest BCUT2D eigenvalue weighted by Gasteiger charge is -2.12. The third-order valence-electron chi connectivity index (χ3n) is 2.03. The van der Waals surface area contributed by atoms with Crippen molar-refractivity contribution in [1.29, 1.82) is 0 Å². The summed E-state index contributed by atoms with van der Waals surface area (Å²) in [6, 6.07) is -0.744. The van der Waals surface area contributed by atoms with Gasteiger partial charge in [0.2, 0.25) is 0 Å². The Kier molecular flexibility index (Phi) is 9.14. The van der Waals surface area contributed by atoms with Crippen LogP contribution < -0.4 is 10.6 Å². The summed E-state index contributed by atoms with van der Waals surface area (Å²) >= 11 is 0. The number of hydrogen-bond donors (Lipinski definition) is 3. The first-order valence-electron chi connectivity index (χ1n) is 5.90. The van der Waals surface area contributed by atoms with Crippen LogP contribution in [-0.4, -0.2) is 42.9 Å². The lowest BCUT2D eigenvalue weighted by molar-refractivity contribution is -0.137. The van der Waals surface area contributed by atoms with Gasteiger partial charge in [-0.25, -0.2) is 4.79 Å². The van der Waals surface area contributed by atoms with Gasteiger partial charge in [0.15, 0.2) is 0 Å². The molecule has 0 saturated carbocycles. The summed E-state index contributed by atoms with van der Waals surface area (Å²) in [5, 5.41) is 13.6. The average Bonchev–Trinajstić information content (AvgIpc) is 2.21. The Morgan fingerprint density at radius 2 is 2.06 bits per heavy atom. The van der Waals surface area contributed by atoms with Gasteiger partial charge in [-0.1, -0.05) is 13.3 Å². The summed E-state index contributed by atoms with van der Waals surface area (Å²) in [4.78, 5) is 21.6. The Balaban J connectivity index is 3.43. The summed E-state index contributed by atoms with van der Waals surface area (Å²) in [6.07, 6.45) is 2.02. The van der Waals surface area contributed by atoms with E-state index in [1.807, 2.05) is 0 Å². The van der Waals surface area contributed by atoms with Crippen LogP contribution in [0.5, 0.6) is 0 Å². The first-order valence-corrected chi connectivity index (χ1v) is 5.90. The number of urea groups is 1. The summed E-state index contributed by atoms with van der Waals surface area (Å²) in [7, 11) is 0. The standard InChI is InChI=1S/C11H22N2O4/c1-3-4-6-17-7-5-12-11(16)13-9(2)8-10(14)15/h9H,3-8H2,1-2H3,(H,14,15)(H2,12,13,16). The van der Waals surface area contributed by atoms with E-state index in [0.717, 1.165) is 12.8 Å². The Morgan fingerprint density at radius 3 is 2.65 bits per heavy atom. The van der Waals surface area contributed by atoms with Crippen molar-refractivity contribution in [2.45, 2.75) is 39.2 Å². The maximum absolute atomic E-state index is 11.3. The molecule has 0 saturated heterocycles. The molecule has 100 valence electrons. The second kappa shape index (κ2) is 9.89. The van der Waals surface area contributed by atoms with Crippen LogP contribution in [0.2, 0.25) is 0 Å². The van der Waals surface area contributed by atoms with E-state index < -0.39 is 5.97 Å². The molecular weight excluding hydrogens is 224 g/mol. The fourth-order valence-electron chi connectivity index (χ4n) is 1.17. The zero-order valence-electron chi connectivity index (χ0n) is 10.5. The van der Waals surface area contributed by atoms with Crippen LogP contribution in [0, 0.1) is 0 Å². The minimum absolute atomic E-state index is 0.0829. The molecule has 0 fully saturated rings. The van der Waals surface area contributed by atoms with Crippen LogP contribution in [-0.2, 0) is 9.53 Å². The van der Waals surface area contributed by atoms with Gasteiger partial charge in [-0.3, -0.25) is 4.79 Å². The zero-order chi connectivity index (χ0) is 13.1. The van der Waals surface area contributed by atoms with E-state index in [9.17, 15) is 9.59 Å². The first-order chi connectivity index (χ1) is 8.06. The number of amides is 2. The van der Waals surface area contributed by atoms with Crippen molar-refractivity contribution in [2.24, 2.45) is 0 Å². The number of aliphatic carboxylic acids is 1. The molecule has 0 aliphatic rings. The predicted octanol–water partition coefficient (Wildman–Crippen LogP) is 0.965. The molecule has 6 heteroatoms. The quantitative estimate of drug-likeness (QED) is 0.529. The van der Waals surface area contributed by atoms with Crippen molar-refractivity contribution in [2.75, 3.05) is 19.8 Å². The van der Waals surface area contributed by atoms with Crippen molar-refractivity contribution < 1.29 is 19.4 Å².